The highest BCUT2D eigenvalue weighted by Crippen LogP contribution is 2.24. The van der Waals surface area contributed by atoms with E-state index in [1.54, 1.807) is 0 Å². The van der Waals surface area contributed by atoms with E-state index >= 15 is 0 Å². The molecule has 0 fully saturated rings. The first-order valence-electron chi connectivity index (χ1n) is 3.54. The number of hydrogen-bond acceptors (Lipinski definition) is 2. The number of carbonyl (C=O) groups is 1. The normalized spacial score (nSPS) is 11.1. The molecule has 1 aromatic carbocycles. The summed E-state index contributed by atoms with van der Waals surface area (Å²) in [4.78, 5) is 10.6. The number of rotatable bonds is 3. The summed E-state index contributed by atoms with van der Waals surface area (Å²) in [5, 5.41) is 0. The van der Waals surface area contributed by atoms with Crippen LogP contribution in [-0.4, -0.2) is 11.5 Å². The van der Waals surface area contributed by atoms with Crippen LogP contribution in [0.2, 0.25) is 0 Å². The van der Waals surface area contributed by atoms with Gasteiger partial charge in [0, 0.05) is 17.2 Å². The molecule has 0 radical (unpaired) electrons. The molecule has 1 aromatic rings. The van der Waals surface area contributed by atoms with Gasteiger partial charge in [-0.1, -0.05) is 0 Å². The first kappa shape index (κ1) is 10.7. The monoisotopic (exact) mass is 221 g/mol. The van der Waals surface area contributed by atoms with Gasteiger partial charge in [-0.25, -0.2) is 0 Å². The van der Waals surface area contributed by atoms with Gasteiger partial charge in [-0.2, -0.15) is 0 Å². The first-order chi connectivity index (χ1) is 6.38. The average molecular weight is 222 g/mol. The summed E-state index contributed by atoms with van der Waals surface area (Å²) < 4.78 is 28.3. The van der Waals surface area contributed by atoms with Crippen LogP contribution in [0, 0.1) is 0 Å². The summed E-state index contributed by atoms with van der Waals surface area (Å²) in [5.74, 6) is -0.788. The molecule has 0 atom stereocenters. The molecule has 1 rings (SSSR count). The Kier molecular flexibility index (Phi) is 2.90. The SMILES string of the molecule is NC(=O)c1ccc(OC(F)(F)Cl)cc1. The predicted molar refractivity (Wildman–Crippen MR) is 46.4 cm³/mol. The molecule has 1 amide bonds. The van der Waals surface area contributed by atoms with Crippen LogP contribution in [-0.2, 0) is 0 Å². The van der Waals surface area contributed by atoms with Gasteiger partial charge in [-0.05, 0) is 24.3 Å². The van der Waals surface area contributed by atoms with Gasteiger partial charge in [0.1, 0.15) is 5.75 Å². The van der Waals surface area contributed by atoms with Crippen molar-refractivity contribution in [1.29, 1.82) is 0 Å². The summed E-state index contributed by atoms with van der Waals surface area (Å²) in [6.07, 6.45) is 0. The third kappa shape index (κ3) is 3.18. The molecule has 2 N–H and O–H groups in total. The number of ether oxygens (including phenoxy) is 1. The van der Waals surface area contributed by atoms with Crippen LogP contribution in [0.1, 0.15) is 10.4 Å². The van der Waals surface area contributed by atoms with Crippen molar-refractivity contribution in [2.24, 2.45) is 5.73 Å². The fourth-order valence-electron chi connectivity index (χ4n) is 0.821. The fraction of sp³-hybridized carbons (Fsp3) is 0.125. The molecule has 0 heterocycles. The lowest BCUT2D eigenvalue weighted by molar-refractivity contribution is -0.0964. The summed E-state index contributed by atoms with van der Waals surface area (Å²) >= 11 is 4.52. The van der Waals surface area contributed by atoms with Crippen LogP contribution in [0.3, 0.4) is 0 Å². The highest BCUT2D eigenvalue weighted by Gasteiger charge is 2.27. The fourth-order valence-corrected chi connectivity index (χ4v) is 0.910. The topological polar surface area (TPSA) is 52.3 Å². The van der Waals surface area contributed by atoms with Crippen molar-refractivity contribution >= 4 is 17.5 Å². The Labute approximate surface area is 83.4 Å². The minimum absolute atomic E-state index is 0.144. The van der Waals surface area contributed by atoms with Gasteiger partial charge in [0.15, 0.2) is 0 Å². The molecular weight excluding hydrogens is 216 g/mol. The highest BCUT2D eigenvalue weighted by atomic mass is 35.5. The molecule has 3 nitrogen and oxygen atoms in total. The molecule has 0 spiro atoms. The zero-order valence-electron chi connectivity index (χ0n) is 6.84. The molecule has 0 saturated carbocycles. The number of hydrogen-bond donors (Lipinski definition) is 1. The van der Waals surface area contributed by atoms with E-state index in [1.165, 1.54) is 24.3 Å². The standard InChI is InChI=1S/C8H6ClF2NO2/c9-8(10,11)14-6-3-1-5(2-4-6)7(12)13/h1-4H,(H2,12,13). The lowest BCUT2D eigenvalue weighted by atomic mass is 10.2. The Morgan fingerprint density at radius 1 is 1.36 bits per heavy atom. The van der Waals surface area contributed by atoms with Gasteiger partial charge in [0.05, 0.1) is 0 Å². The maximum Gasteiger partial charge on any atom is 0.487 e. The Morgan fingerprint density at radius 3 is 2.21 bits per heavy atom. The largest absolute Gasteiger partial charge is 0.487 e. The maximum absolute atomic E-state index is 12.1. The minimum Gasteiger partial charge on any atom is -0.420 e. The molecule has 0 saturated heterocycles. The second-order valence-corrected chi connectivity index (χ2v) is 2.88. The minimum atomic E-state index is -3.76. The molecule has 76 valence electrons. The van der Waals surface area contributed by atoms with Crippen LogP contribution in [0.4, 0.5) is 8.78 Å². The zero-order valence-corrected chi connectivity index (χ0v) is 7.59. The van der Waals surface area contributed by atoms with Crippen molar-refractivity contribution in [2.45, 2.75) is 5.57 Å². The summed E-state index contributed by atoms with van der Waals surface area (Å²) in [5.41, 5.74) is 1.39. The van der Waals surface area contributed by atoms with Gasteiger partial charge in [0.25, 0.3) is 0 Å². The lowest BCUT2D eigenvalue weighted by Crippen LogP contribution is -2.16. The number of benzene rings is 1. The molecular formula is C8H6ClF2NO2. The Hall–Kier alpha value is -1.36. The second-order valence-electron chi connectivity index (χ2n) is 2.44. The van der Waals surface area contributed by atoms with E-state index in [2.05, 4.69) is 16.3 Å². The summed E-state index contributed by atoms with van der Waals surface area (Å²) in [6.45, 7) is 0. The Bertz CT molecular complexity index is 334. The molecule has 0 aliphatic rings. The van der Waals surface area contributed by atoms with Crippen LogP contribution in [0.15, 0.2) is 24.3 Å². The van der Waals surface area contributed by atoms with E-state index in [1.807, 2.05) is 0 Å². The Balaban J connectivity index is 2.79. The molecule has 0 aromatic heterocycles. The van der Waals surface area contributed by atoms with E-state index in [0.717, 1.165) is 0 Å². The molecule has 0 aliphatic heterocycles. The van der Waals surface area contributed by atoms with E-state index in [9.17, 15) is 13.6 Å². The Morgan fingerprint density at radius 2 is 1.86 bits per heavy atom. The van der Waals surface area contributed by atoms with Gasteiger partial charge in [-0.15, -0.1) is 8.78 Å². The second kappa shape index (κ2) is 3.79. The van der Waals surface area contributed by atoms with Crippen molar-refractivity contribution in [3.8, 4) is 5.75 Å². The van der Waals surface area contributed by atoms with Gasteiger partial charge < -0.3 is 10.5 Å². The molecule has 14 heavy (non-hydrogen) atoms. The number of primary amides is 1. The van der Waals surface area contributed by atoms with Crippen LogP contribution < -0.4 is 10.5 Å². The predicted octanol–water partition coefficient (Wildman–Crippen LogP) is 1.95. The summed E-state index contributed by atoms with van der Waals surface area (Å²) in [7, 11) is 0. The third-order valence-electron chi connectivity index (χ3n) is 1.37. The van der Waals surface area contributed by atoms with Crippen molar-refractivity contribution in [2.75, 3.05) is 0 Å². The maximum atomic E-state index is 12.1. The van der Waals surface area contributed by atoms with E-state index in [0.29, 0.717) is 0 Å². The average Bonchev–Trinajstić information content (AvgIpc) is 2.02. The number of alkyl halides is 3. The van der Waals surface area contributed by atoms with E-state index < -0.39 is 11.5 Å². The first-order valence-corrected chi connectivity index (χ1v) is 3.92. The lowest BCUT2D eigenvalue weighted by Gasteiger charge is -2.10. The smallest absolute Gasteiger partial charge is 0.420 e. The molecule has 6 heteroatoms. The van der Waals surface area contributed by atoms with Crippen molar-refractivity contribution in [3.05, 3.63) is 29.8 Å². The van der Waals surface area contributed by atoms with Crippen LogP contribution in [0.5, 0.6) is 5.75 Å². The van der Waals surface area contributed by atoms with E-state index in [4.69, 9.17) is 5.73 Å². The number of carbonyl (C=O) groups excluding carboxylic acids is 1. The number of halogens is 3. The van der Waals surface area contributed by atoms with Crippen molar-refractivity contribution in [1.82, 2.24) is 0 Å². The van der Waals surface area contributed by atoms with Crippen LogP contribution >= 0.6 is 11.6 Å². The van der Waals surface area contributed by atoms with Gasteiger partial charge in [0.2, 0.25) is 5.91 Å². The van der Waals surface area contributed by atoms with Crippen molar-refractivity contribution < 1.29 is 18.3 Å². The number of amides is 1. The zero-order chi connectivity index (χ0) is 10.8. The third-order valence-corrected chi connectivity index (χ3v) is 1.45. The van der Waals surface area contributed by atoms with Gasteiger partial charge >= 0.3 is 5.57 Å². The number of nitrogens with two attached hydrogens (primary N) is 1. The highest BCUT2D eigenvalue weighted by molar-refractivity contribution is 6.20. The molecule has 0 unspecified atom stereocenters. The van der Waals surface area contributed by atoms with Crippen LogP contribution in [0.25, 0.3) is 0 Å². The van der Waals surface area contributed by atoms with E-state index in [-0.39, 0.29) is 11.3 Å². The quantitative estimate of drug-likeness (QED) is 0.794. The summed E-state index contributed by atoms with van der Waals surface area (Å²) in [6, 6.07) is 4.88. The molecule has 0 bridgehead atoms. The molecule has 0 aliphatic carbocycles. The van der Waals surface area contributed by atoms with Gasteiger partial charge in [-0.3, -0.25) is 4.79 Å². The van der Waals surface area contributed by atoms with Crippen molar-refractivity contribution in [3.63, 3.8) is 0 Å².